The number of carbonyl (C=O) groups excluding carboxylic acids is 1. The Morgan fingerprint density at radius 1 is 1.06 bits per heavy atom. The van der Waals surface area contributed by atoms with Gasteiger partial charge in [0.1, 0.15) is 12.4 Å². The van der Waals surface area contributed by atoms with Crippen LogP contribution in [0.25, 0.3) is 11.0 Å². The molecule has 1 fully saturated rings. The van der Waals surface area contributed by atoms with Gasteiger partial charge < -0.3 is 18.9 Å². The number of nitrogens with zero attached hydrogens (tertiary/aromatic N) is 3. The summed E-state index contributed by atoms with van der Waals surface area (Å²) in [5.74, 6) is 2.40. The van der Waals surface area contributed by atoms with Crippen LogP contribution in [0.1, 0.15) is 23.7 Å². The Labute approximate surface area is 203 Å². The highest BCUT2D eigenvalue weighted by Crippen LogP contribution is 2.34. The van der Waals surface area contributed by atoms with Gasteiger partial charge in [0, 0.05) is 29.6 Å². The Kier molecular flexibility index (Phi) is 6.16. The first kappa shape index (κ1) is 22.3. The van der Waals surface area contributed by atoms with Crippen LogP contribution in [-0.4, -0.2) is 35.7 Å². The van der Waals surface area contributed by atoms with Gasteiger partial charge in [-0.15, -0.1) is 0 Å². The lowest BCUT2D eigenvalue weighted by Crippen LogP contribution is -2.24. The molecule has 4 aromatic rings. The number of carbonyl (C=O) groups is 1. The number of ether oxygens (including phenoxy) is 2. The van der Waals surface area contributed by atoms with Crippen LogP contribution in [0.5, 0.6) is 11.5 Å². The number of hydrogen-bond donors (Lipinski definition) is 0. The quantitative estimate of drug-likeness (QED) is 0.349. The maximum Gasteiger partial charge on any atom is 0.227 e. The second-order valence-corrected chi connectivity index (χ2v) is 8.86. The first-order valence-corrected chi connectivity index (χ1v) is 11.7. The molecule has 0 bridgehead atoms. The predicted molar refractivity (Wildman–Crippen MR) is 134 cm³/mol. The Morgan fingerprint density at radius 3 is 2.62 bits per heavy atom. The number of amides is 1. The molecule has 0 unspecified atom stereocenters. The summed E-state index contributed by atoms with van der Waals surface area (Å²) in [6.45, 7) is 3.59. The highest BCUT2D eigenvalue weighted by Gasteiger charge is 2.35. The lowest BCUT2D eigenvalue weighted by molar-refractivity contribution is -0.117. The van der Waals surface area contributed by atoms with E-state index in [1.807, 2.05) is 72.5 Å². The summed E-state index contributed by atoms with van der Waals surface area (Å²) in [7, 11) is 1.63. The van der Waals surface area contributed by atoms with E-state index in [1.165, 1.54) is 0 Å². The molecule has 1 amide bonds. The molecule has 0 N–H and O–H groups in total. The van der Waals surface area contributed by atoms with Gasteiger partial charge in [-0.1, -0.05) is 35.9 Å². The molecule has 1 aliphatic rings. The van der Waals surface area contributed by atoms with Crippen molar-refractivity contribution in [2.24, 2.45) is 0 Å². The van der Waals surface area contributed by atoms with Crippen molar-refractivity contribution >= 4 is 34.2 Å². The Balaban J connectivity index is 1.40. The van der Waals surface area contributed by atoms with Gasteiger partial charge in [0.05, 0.1) is 24.7 Å². The van der Waals surface area contributed by atoms with E-state index in [2.05, 4.69) is 10.6 Å². The Morgan fingerprint density at radius 2 is 1.82 bits per heavy atom. The predicted octanol–water partition coefficient (Wildman–Crippen LogP) is 5.61. The SMILES string of the molecule is COc1ccccc1OCCn1c([C@H]2CC(=O)N(c3ccc(Cl)c(C)c3)C2)nc2ccccc21. The molecule has 0 radical (unpaired) electrons. The first-order chi connectivity index (χ1) is 16.5. The maximum absolute atomic E-state index is 13.0. The van der Waals surface area contributed by atoms with Gasteiger partial charge in [-0.3, -0.25) is 4.79 Å². The second kappa shape index (κ2) is 9.39. The number of benzene rings is 3. The fourth-order valence-electron chi connectivity index (χ4n) is 4.55. The average Bonchev–Trinajstić information content (AvgIpc) is 3.42. The van der Waals surface area contributed by atoms with Crippen LogP contribution in [0.15, 0.2) is 66.7 Å². The number of hydrogen-bond acceptors (Lipinski definition) is 4. The molecule has 1 aromatic heterocycles. The molecular formula is C27H26ClN3O3. The van der Waals surface area contributed by atoms with Crippen molar-refractivity contribution in [2.75, 3.05) is 25.2 Å². The number of para-hydroxylation sites is 4. The largest absolute Gasteiger partial charge is 0.493 e. The summed E-state index contributed by atoms with van der Waals surface area (Å²) in [5, 5.41) is 0.698. The molecule has 0 spiro atoms. The zero-order valence-corrected chi connectivity index (χ0v) is 20.0. The monoisotopic (exact) mass is 475 g/mol. The fourth-order valence-corrected chi connectivity index (χ4v) is 4.67. The summed E-state index contributed by atoms with van der Waals surface area (Å²) >= 11 is 6.19. The third-order valence-corrected chi connectivity index (χ3v) is 6.69. The van der Waals surface area contributed by atoms with Crippen molar-refractivity contribution in [2.45, 2.75) is 25.8 Å². The van der Waals surface area contributed by atoms with Gasteiger partial charge in [0.25, 0.3) is 0 Å². The third kappa shape index (κ3) is 4.21. The van der Waals surface area contributed by atoms with Gasteiger partial charge >= 0.3 is 0 Å². The fraction of sp³-hybridized carbons (Fsp3) is 0.259. The van der Waals surface area contributed by atoms with Crippen molar-refractivity contribution < 1.29 is 14.3 Å². The molecular weight excluding hydrogens is 450 g/mol. The van der Waals surface area contributed by atoms with Crippen LogP contribution < -0.4 is 14.4 Å². The second-order valence-electron chi connectivity index (χ2n) is 8.45. The minimum Gasteiger partial charge on any atom is -0.493 e. The van der Waals surface area contributed by atoms with Gasteiger partial charge in [-0.05, 0) is 55.0 Å². The van der Waals surface area contributed by atoms with Crippen molar-refractivity contribution in [1.29, 1.82) is 0 Å². The molecule has 34 heavy (non-hydrogen) atoms. The molecule has 3 aromatic carbocycles. The van der Waals surface area contributed by atoms with Gasteiger partial charge in [-0.25, -0.2) is 4.98 Å². The van der Waals surface area contributed by atoms with Crippen LogP contribution in [-0.2, 0) is 11.3 Å². The molecule has 1 saturated heterocycles. The molecule has 7 heteroatoms. The number of anilines is 1. The highest BCUT2D eigenvalue weighted by molar-refractivity contribution is 6.31. The smallest absolute Gasteiger partial charge is 0.227 e. The molecule has 1 atom stereocenters. The van der Waals surface area contributed by atoms with Crippen LogP contribution in [0.3, 0.4) is 0 Å². The number of aromatic nitrogens is 2. The van der Waals surface area contributed by atoms with E-state index in [0.29, 0.717) is 42.6 Å². The van der Waals surface area contributed by atoms with Crippen molar-refractivity contribution in [1.82, 2.24) is 9.55 Å². The third-order valence-electron chi connectivity index (χ3n) is 6.27. The van der Waals surface area contributed by atoms with Crippen LogP contribution >= 0.6 is 11.6 Å². The highest BCUT2D eigenvalue weighted by atomic mass is 35.5. The molecule has 0 aliphatic carbocycles. The van der Waals surface area contributed by atoms with Crippen molar-refractivity contribution in [3.63, 3.8) is 0 Å². The Hall–Kier alpha value is -3.51. The van der Waals surface area contributed by atoms with Crippen molar-refractivity contribution in [3.8, 4) is 11.5 Å². The van der Waals surface area contributed by atoms with E-state index in [1.54, 1.807) is 7.11 Å². The number of fused-ring (bicyclic) bond motifs is 1. The van der Waals surface area contributed by atoms with Crippen molar-refractivity contribution in [3.05, 3.63) is 83.1 Å². The molecule has 174 valence electrons. The van der Waals surface area contributed by atoms with E-state index >= 15 is 0 Å². The van der Waals surface area contributed by atoms with Gasteiger partial charge in [-0.2, -0.15) is 0 Å². The number of aryl methyl sites for hydroxylation is 1. The summed E-state index contributed by atoms with van der Waals surface area (Å²) < 4.78 is 13.6. The van der Waals surface area contributed by atoms with E-state index in [0.717, 1.165) is 28.1 Å². The van der Waals surface area contributed by atoms with E-state index in [9.17, 15) is 4.79 Å². The zero-order valence-electron chi connectivity index (χ0n) is 19.2. The lowest BCUT2D eigenvalue weighted by atomic mass is 10.1. The van der Waals surface area contributed by atoms with E-state index in [4.69, 9.17) is 26.1 Å². The lowest BCUT2D eigenvalue weighted by Gasteiger charge is -2.18. The number of halogens is 1. The molecule has 5 rings (SSSR count). The minimum absolute atomic E-state index is 0.0119. The molecule has 2 heterocycles. The molecule has 1 aliphatic heterocycles. The Bertz CT molecular complexity index is 1350. The van der Waals surface area contributed by atoms with Gasteiger partial charge in [0.2, 0.25) is 5.91 Å². The summed E-state index contributed by atoms with van der Waals surface area (Å²) in [5.41, 5.74) is 3.78. The van der Waals surface area contributed by atoms with E-state index in [-0.39, 0.29) is 11.8 Å². The first-order valence-electron chi connectivity index (χ1n) is 11.3. The minimum atomic E-state index is -0.0119. The van der Waals surface area contributed by atoms with E-state index < -0.39 is 0 Å². The zero-order chi connectivity index (χ0) is 23.7. The van der Waals surface area contributed by atoms with Crippen LogP contribution in [0.2, 0.25) is 5.02 Å². The summed E-state index contributed by atoms with van der Waals surface area (Å²) in [6.07, 6.45) is 0.415. The number of methoxy groups -OCH3 is 1. The topological polar surface area (TPSA) is 56.6 Å². The normalized spacial score (nSPS) is 15.8. The van der Waals surface area contributed by atoms with Crippen LogP contribution in [0, 0.1) is 6.92 Å². The number of rotatable bonds is 7. The molecule has 6 nitrogen and oxygen atoms in total. The standard InChI is InChI=1S/C27H26ClN3O3/c1-18-15-20(11-12-21(18)28)31-17-19(16-26(31)32)27-29-22-7-3-4-8-23(22)30(27)13-14-34-25-10-6-5-9-24(25)33-2/h3-12,15,19H,13-14,16-17H2,1-2H3/t19-/m0/s1. The average molecular weight is 476 g/mol. The van der Waals surface area contributed by atoms with Gasteiger partial charge in [0.15, 0.2) is 11.5 Å². The summed E-state index contributed by atoms with van der Waals surface area (Å²) in [6, 6.07) is 21.4. The summed E-state index contributed by atoms with van der Waals surface area (Å²) in [4.78, 5) is 19.7. The molecule has 0 saturated carbocycles. The number of imidazole rings is 1. The van der Waals surface area contributed by atoms with Crippen LogP contribution in [0.4, 0.5) is 5.69 Å². The maximum atomic E-state index is 13.0.